The first-order valence-electron chi connectivity index (χ1n) is 9.21. The monoisotopic (exact) mass is 372 g/mol. The van der Waals surface area contributed by atoms with Crippen LogP contribution in [0.1, 0.15) is 28.0 Å². The van der Waals surface area contributed by atoms with E-state index in [1.165, 1.54) is 6.20 Å². The van der Waals surface area contributed by atoms with Crippen molar-refractivity contribution in [3.63, 3.8) is 0 Å². The summed E-state index contributed by atoms with van der Waals surface area (Å²) in [4.78, 5) is 31.4. The van der Waals surface area contributed by atoms with Crippen molar-refractivity contribution in [3.8, 4) is 0 Å². The van der Waals surface area contributed by atoms with Crippen LogP contribution in [0, 0.1) is 0 Å². The Labute approximate surface area is 163 Å². The lowest BCUT2D eigenvalue weighted by molar-refractivity contribution is -0.135. The van der Waals surface area contributed by atoms with Crippen molar-refractivity contribution in [2.24, 2.45) is 0 Å². The van der Waals surface area contributed by atoms with E-state index in [4.69, 9.17) is 0 Å². The summed E-state index contributed by atoms with van der Waals surface area (Å²) in [6, 6.07) is 22.0. The highest BCUT2D eigenvalue weighted by Gasteiger charge is 2.50. The van der Waals surface area contributed by atoms with E-state index in [-0.39, 0.29) is 17.9 Å². The summed E-state index contributed by atoms with van der Waals surface area (Å²) in [6.45, 7) is 0.431. The summed E-state index contributed by atoms with van der Waals surface area (Å²) in [6.07, 6.45) is 1.85. The molecule has 1 aromatic heterocycles. The Morgan fingerprint density at radius 1 is 0.964 bits per heavy atom. The average Bonchev–Trinajstić information content (AvgIpc) is 2.95. The van der Waals surface area contributed by atoms with E-state index in [1.54, 1.807) is 41.3 Å². The minimum Gasteiger partial charge on any atom is -0.375 e. The SMILES string of the molecule is O=C(C[C@]1(O)C(=O)N(CCc2ccccc2)c2ccccc21)c1ccccn1. The van der Waals surface area contributed by atoms with Crippen LogP contribution in [-0.2, 0) is 16.8 Å². The van der Waals surface area contributed by atoms with Gasteiger partial charge in [0.15, 0.2) is 11.4 Å². The molecule has 3 aromatic rings. The van der Waals surface area contributed by atoms with Crippen LogP contribution in [0.3, 0.4) is 0 Å². The van der Waals surface area contributed by atoms with Crippen LogP contribution >= 0.6 is 0 Å². The molecular weight excluding hydrogens is 352 g/mol. The van der Waals surface area contributed by atoms with Crippen molar-refractivity contribution in [3.05, 3.63) is 95.8 Å². The summed E-state index contributed by atoms with van der Waals surface area (Å²) in [7, 11) is 0. The molecule has 0 fully saturated rings. The lowest BCUT2D eigenvalue weighted by atomic mass is 9.89. The summed E-state index contributed by atoms with van der Waals surface area (Å²) >= 11 is 0. The summed E-state index contributed by atoms with van der Waals surface area (Å²) in [5.41, 5.74) is 0.593. The zero-order valence-electron chi connectivity index (χ0n) is 15.3. The molecule has 0 bridgehead atoms. The van der Waals surface area contributed by atoms with Crippen LogP contribution in [0.5, 0.6) is 0 Å². The van der Waals surface area contributed by atoms with Crippen molar-refractivity contribution in [2.75, 3.05) is 11.4 Å². The van der Waals surface area contributed by atoms with Crippen molar-refractivity contribution in [2.45, 2.75) is 18.4 Å². The number of fused-ring (bicyclic) bond motifs is 1. The van der Waals surface area contributed by atoms with Gasteiger partial charge in [-0.05, 0) is 30.2 Å². The van der Waals surface area contributed by atoms with Gasteiger partial charge in [-0.3, -0.25) is 14.6 Å². The fraction of sp³-hybridized carbons (Fsp3) is 0.174. The molecule has 0 saturated heterocycles. The molecule has 2 aromatic carbocycles. The van der Waals surface area contributed by atoms with Crippen molar-refractivity contribution in [1.29, 1.82) is 0 Å². The predicted molar refractivity (Wildman–Crippen MR) is 106 cm³/mol. The Morgan fingerprint density at radius 3 is 2.43 bits per heavy atom. The number of benzene rings is 2. The summed E-state index contributed by atoms with van der Waals surface area (Å²) in [5, 5.41) is 11.3. The molecule has 1 N–H and O–H groups in total. The molecule has 5 heteroatoms. The third-order valence-corrected chi connectivity index (χ3v) is 5.07. The quantitative estimate of drug-likeness (QED) is 0.675. The molecule has 0 unspecified atom stereocenters. The number of hydrogen-bond acceptors (Lipinski definition) is 4. The van der Waals surface area contributed by atoms with Crippen molar-refractivity contribution in [1.82, 2.24) is 4.98 Å². The van der Waals surface area contributed by atoms with E-state index in [0.29, 0.717) is 24.2 Å². The van der Waals surface area contributed by atoms with Gasteiger partial charge in [0, 0.05) is 18.3 Å². The van der Waals surface area contributed by atoms with Gasteiger partial charge < -0.3 is 10.0 Å². The summed E-state index contributed by atoms with van der Waals surface area (Å²) in [5.74, 6) is -0.829. The Kier molecular flexibility index (Phi) is 4.75. The molecule has 2 heterocycles. The smallest absolute Gasteiger partial charge is 0.264 e. The van der Waals surface area contributed by atoms with E-state index in [0.717, 1.165) is 5.56 Å². The topological polar surface area (TPSA) is 70.5 Å². The molecule has 0 aliphatic carbocycles. The second kappa shape index (κ2) is 7.37. The number of rotatable bonds is 6. The number of aromatic nitrogens is 1. The fourth-order valence-corrected chi connectivity index (χ4v) is 3.64. The van der Waals surface area contributed by atoms with Gasteiger partial charge in [0.1, 0.15) is 5.69 Å². The average molecular weight is 372 g/mol. The first-order chi connectivity index (χ1) is 13.6. The number of pyridine rings is 1. The van der Waals surface area contributed by atoms with Gasteiger partial charge in [-0.15, -0.1) is 0 Å². The molecule has 1 amide bonds. The van der Waals surface area contributed by atoms with Crippen LogP contribution in [0.25, 0.3) is 0 Å². The van der Waals surface area contributed by atoms with Gasteiger partial charge >= 0.3 is 0 Å². The Bertz CT molecular complexity index is 1000. The maximum absolute atomic E-state index is 13.2. The number of para-hydroxylation sites is 1. The molecule has 140 valence electrons. The standard InChI is InChI=1S/C23H20N2O3/c26-21(19-11-6-7-14-24-19)16-23(28)18-10-4-5-12-20(18)25(22(23)27)15-13-17-8-2-1-3-9-17/h1-12,14,28H,13,15-16H2/t23-/m1/s1. The van der Waals surface area contributed by atoms with Crippen LogP contribution in [0.2, 0.25) is 0 Å². The highest BCUT2D eigenvalue weighted by Crippen LogP contribution is 2.42. The van der Waals surface area contributed by atoms with Crippen molar-refractivity contribution >= 4 is 17.4 Å². The van der Waals surface area contributed by atoms with Crippen LogP contribution in [0.4, 0.5) is 5.69 Å². The van der Waals surface area contributed by atoms with E-state index >= 15 is 0 Å². The van der Waals surface area contributed by atoms with Crippen LogP contribution < -0.4 is 4.90 Å². The van der Waals surface area contributed by atoms with Crippen LogP contribution in [0.15, 0.2) is 79.0 Å². The van der Waals surface area contributed by atoms with E-state index in [2.05, 4.69) is 4.98 Å². The minimum atomic E-state index is -1.87. The normalized spacial score (nSPS) is 18.2. The maximum Gasteiger partial charge on any atom is 0.264 e. The Balaban J connectivity index is 1.61. The molecule has 28 heavy (non-hydrogen) atoms. The molecule has 0 radical (unpaired) electrons. The second-order valence-electron chi connectivity index (χ2n) is 6.88. The van der Waals surface area contributed by atoms with Gasteiger partial charge in [-0.1, -0.05) is 54.6 Å². The highest BCUT2D eigenvalue weighted by atomic mass is 16.3. The number of Topliss-reactive ketones (excluding diaryl/α,β-unsaturated/α-hetero) is 1. The number of anilines is 1. The third-order valence-electron chi connectivity index (χ3n) is 5.07. The number of nitrogens with zero attached hydrogens (tertiary/aromatic N) is 2. The fourth-order valence-electron chi connectivity index (χ4n) is 3.64. The van der Waals surface area contributed by atoms with E-state index in [1.807, 2.05) is 36.4 Å². The number of carbonyl (C=O) groups is 2. The van der Waals surface area contributed by atoms with Crippen LogP contribution in [-0.4, -0.2) is 28.3 Å². The summed E-state index contributed by atoms with van der Waals surface area (Å²) < 4.78 is 0. The molecule has 1 atom stereocenters. The first-order valence-corrected chi connectivity index (χ1v) is 9.21. The molecular formula is C23H20N2O3. The maximum atomic E-state index is 13.2. The first kappa shape index (κ1) is 18.1. The van der Waals surface area contributed by atoms with E-state index in [9.17, 15) is 14.7 Å². The molecule has 0 spiro atoms. The number of amides is 1. The zero-order chi connectivity index (χ0) is 19.6. The number of aliphatic hydroxyl groups is 1. The molecule has 5 nitrogen and oxygen atoms in total. The molecule has 0 saturated carbocycles. The number of hydrogen-bond donors (Lipinski definition) is 1. The molecule has 4 rings (SSSR count). The lowest BCUT2D eigenvalue weighted by Gasteiger charge is -2.22. The second-order valence-corrected chi connectivity index (χ2v) is 6.88. The van der Waals surface area contributed by atoms with Gasteiger partial charge in [0.2, 0.25) is 0 Å². The Morgan fingerprint density at radius 2 is 1.68 bits per heavy atom. The van der Waals surface area contributed by atoms with Crippen molar-refractivity contribution < 1.29 is 14.7 Å². The largest absolute Gasteiger partial charge is 0.375 e. The highest BCUT2D eigenvalue weighted by molar-refractivity contribution is 6.10. The van der Waals surface area contributed by atoms with E-state index < -0.39 is 11.5 Å². The predicted octanol–water partition coefficient (Wildman–Crippen LogP) is 3.13. The number of ketones is 1. The minimum absolute atomic E-state index is 0.240. The van der Waals surface area contributed by atoms with Gasteiger partial charge in [-0.2, -0.15) is 0 Å². The lowest BCUT2D eigenvalue weighted by Crippen LogP contribution is -2.42. The zero-order valence-corrected chi connectivity index (χ0v) is 15.3. The van der Waals surface area contributed by atoms with Gasteiger partial charge in [0.25, 0.3) is 5.91 Å². The molecule has 1 aliphatic rings. The Hall–Kier alpha value is -3.31. The third kappa shape index (κ3) is 3.21. The molecule has 1 aliphatic heterocycles. The van der Waals surface area contributed by atoms with Gasteiger partial charge in [-0.25, -0.2) is 0 Å². The number of carbonyl (C=O) groups excluding carboxylic acids is 2. The van der Waals surface area contributed by atoms with Gasteiger partial charge in [0.05, 0.1) is 12.1 Å².